The lowest BCUT2D eigenvalue weighted by atomic mass is 10.1. The molecule has 0 saturated heterocycles. The van der Waals surface area contributed by atoms with E-state index >= 15 is 0 Å². The Labute approximate surface area is 70.1 Å². The Kier molecular flexibility index (Phi) is 1.54. The first-order valence-electron chi connectivity index (χ1n) is 3.87. The molecular weight excluding hydrogens is 157 g/mol. The second-order valence-corrected chi connectivity index (χ2v) is 3.08. The summed E-state index contributed by atoms with van der Waals surface area (Å²) in [6.45, 7) is 2.23. The third kappa shape index (κ3) is 0.975. The van der Waals surface area contributed by atoms with Gasteiger partial charge < -0.3 is 10.5 Å². The fourth-order valence-corrected chi connectivity index (χ4v) is 1.45. The molecule has 2 nitrogen and oxygen atoms in total. The van der Waals surface area contributed by atoms with E-state index in [1.807, 2.05) is 13.0 Å². The van der Waals surface area contributed by atoms with Gasteiger partial charge in [0.25, 0.3) is 0 Å². The molecule has 0 bridgehead atoms. The Balaban J connectivity index is 2.60. The number of ether oxygens (including phenoxy) is 1. The lowest BCUT2D eigenvalue weighted by Crippen LogP contribution is -2.10. The minimum atomic E-state index is -0.307. The molecule has 1 aliphatic heterocycles. The Morgan fingerprint density at radius 2 is 2.33 bits per heavy atom. The van der Waals surface area contributed by atoms with Crippen LogP contribution in [0.4, 0.5) is 4.39 Å². The summed E-state index contributed by atoms with van der Waals surface area (Å²) in [4.78, 5) is 0. The third-order valence-corrected chi connectivity index (χ3v) is 2.02. The second-order valence-electron chi connectivity index (χ2n) is 3.08. The summed E-state index contributed by atoms with van der Waals surface area (Å²) < 4.78 is 18.2. The molecule has 1 aromatic rings. The average Bonchev–Trinajstić information content (AvgIpc) is 2.33. The Hall–Kier alpha value is -1.09. The Bertz CT molecular complexity index is 325. The van der Waals surface area contributed by atoms with Crippen molar-refractivity contribution in [2.75, 3.05) is 6.61 Å². The summed E-state index contributed by atoms with van der Waals surface area (Å²) in [6, 6.07) is 3.15. The van der Waals surface area contributed by atoms with Gasteiger partial charge in [-0.1, -0.05) is 6.07 Å². The molecule has 1 aromatic carbocycles. The number of nitrogens with two attached hydrogens (primary N) is 1. The molecule has 64 valence electrons. The van der Waals surface area contributed by atoms with Crippen LogP contribution in [-0.2, 0) is 0 Å². The predicted molar refractivity (Wildman–Crippen MR) is 43.6 cm³/mol. The number of hydrogen-bond acceptors (Lipinski definition) is 2. The molecule has 3 heteroatoms. The fourth-order valence-electron chi connectivity index (χ4n) is 1.45. The quantitative estimate of drug-likeness (QED) is 0.636. The fraction of sp³-hybridized carbons (Fsp3) is 0.333. The monoisotopic (exact) mass is 167 g/mol. The summed E-state index contributed by atoms with van der Waals surface area (Å²) in [5, 5.41) is 0. The minimum Gasteiger partial charge on any atom is -0.488 e. The zero-order valence-corrected chi connectivity index (χ0v) is 6.80. The van der Waals surface area contributed by atoms with Gasteiger partial charge in [-0.3, -0.25) is 0 Å². The van der Waals surface area contributed by atoms with Crippen LogP contribution in [0.15, 0.2) is 12.1 Å². The van der Waals surface area contributed by atoms with Gasteiger partial charge in [-0.2, -0.15) is 0 Å². The summed E-state index contributed by atoms with van der Waals surface area (Å²) in [7, 11) is 0. The SMILES string of the molecule is Cc1cc(F)c2c(c1)C(N)CO2. The van der Waals surface area contributed by atoms with E-state index in [-0.39, 0.29) is 11.9 Å². The van der Waals surface area contributed by atoms with Crippen molar-refractivity contribution in [3.63, 3.8) is 0 Å². The van der Waals surface area contributed by atoms with E-state index in [1.54, 1.807) is 0 Å². The van der Waals surface area contributed by atoms with E-state index in [9.17, 15) is 4.39 Å². The van der Waals surface area contributed by atoms with E-state index in [0.717, 1.165) is 11.1 Å². The first-order chi connectivity index (χ1) is 5.68. The lowest BCUT2D eigenvalue weighted by Gasteiger charge is -2.02. The first kappa shape index (κ1) is 7.55. The van der Waals surface area contributed by atoms with Crippen LogP contribution < -0.4 is 10.5 Å². The summed E-state index contributed by atoms with van der Waals surface area (Å²) in [5.41, 5.74) is 7.36. The lowest BCUT2D eigenvalue weighted by molar-refractivity contribution is 0.319. The van der Waals surface area contributed by atoms with Crippen molar-refractivity contribution in [1.82, 2.24) is 0 Å². The highest BCUT2D eigenvalue weighted by Crippen LogP contribution is 2.33. The van der Waals surface area contributed by atoms with Gasteiger partial charge in [-0.25, -0.2) is 4.39 Å². The maximum Gasteiger partial charge on any atom is 0.165 e. The third-order valence-electron chi connectivity index (χ3n) is 2.02. The van der Waals surface area contributed by atoms with Gasteiger partial charge in [0.15, 0.2) is 11.6 Å². The normalized spacial score (nSPS) is 20.4. The molecule has 1 aliphatic rings. The molecule has 12 heavy (non-hydrogen) atoms. The molecule has 0 spiro atoms. The van der Waals surface area contributed by atoms with E-state index in [4.69, 9.17) is 10.5 Å². The number of halogens is 1. The molecule has 2 rings (SSSR count). The smallest absolute Gasteiger partial charge is 0.165 e. The molecule has 1 atom stereocenters. The van der Waals surface area contributed by atoms with Crippen LogP contribution in [0, 0.1) is 12.7 Å². The Morgan fingerprint density at radius 1 is 1.58 bits per heavy atom. The average molecular weight is 167 g/mol. The van der Waals surface area contributed by atoms with E-state index < -0.39 is 0 Å². The zero-order valence-electron chi connectivity index (χ0n) is 6.80. The molecule has 2 N–H and O–H groups in total. The summed E-state index contributed by atoms with van der Waals surface area (Å²) in [6.07, 6.45) is 0. The molecule has 0 fully saturated rings. The van der Waals surface area contributed by atoms with Crippen LogP contribution >= 0.6 is 0 Å². The van der Waals surface area contributed by atoms with Gasteiger partial charge in [-0.05, 0) is 18.6 Å². The van der Waals surface area contributed by atoms with Crippen LogP contribution in [0.1, 0.15) is 17.2 Å². The second kappa shape index (κ2) is 2.45. The van der Waals surface area contributed by atoms with Gasteiger partial charge in [-0.15, -0.1) is 0 Å². The van der Waals surface area contributed by atoms with Crippen molar-refractivity contribution in [3.05, 3.63) is 29.1 Å². The highest BCUT2D eigenvalue weighted by atomic mass is 19.1. The Morgan fingerprint density at radius 3 is 3.08 bits per heavy atom. The van der Waals surface area contributed by atoms with Crippen molar-refractivity contribution in [1.29, 1.82) is 0 Å². The van der Waals surface area contributed by atoms with Crippen LogP contribution in [0.3, 0.4) is 0 Å². The highest BCUT2D eigenvalue weighted by Gasteiger charge is 2.23. The van der Waals surface area contributed by atoms with Gasteiger partial charge in [0.05, 0.1) is 6.04 Å². The minimum absolute atomic E-state index is 0.172. The maximum atomic E-state index is 13.1. The van der Waals surface area contributed by atoms with E-state index in [1.165, 1.54) is 6.07 Å². The van der Waals surface area contributed by atoms with Crippen molar-refractivity contribution in [3.8, 4) is 5.75 Å². The summed E-state index contributed by atoms with van der Waals surface area (Å²) >= 11 is 0. The highest BCUT2D eigenvalue weighted by molar-refractivity contribution is 5.43. The largest absolute Gasteiger partial charge is 0.488 e. The van der Waals surface area contributed by atoms with Crippen molar-refractivity contribution >= 4 is 0 Å². The number of rotatable bonds is 0. The molecule has 1 unspecified atom stereocenters. The molecule has 0 aliphatic carbocycles. The first-order valence-corrected chi connectivity index (χ1v) is 3.87. The van der Waals surface area contributed by atoms with E-state index in [0.29, 0.717) is 12.4 Å². The number of hydrogen-bond donors (Lipinski definition) is 1. The van der Waals surface area contributed by atoms with Gasteiger partial charge in [0, 0.05) is 5.56 Å². The van der Waals surface area contributed by atoms with Crippen molar-refractivity contribution in [2.45, 2.75) is 13.0 Å². The molecule has 1 heterocycles. The van der Waals surface area contributed by atoms with Gasteiger partial charge >= 0.3 is 0 Å². The van der Waals surface area contributed by atoms with E-state index in [2.05, 4.69) is 0 Å². The van der Waals surface area contributed by atoms with Gasteiger partial charge in [0.2, 0.25) is 0 Å². The van der Waals surface area contributed by atoms with Crippen LogP contribution in [-0.4, -0.2) is 6.61 Å². The summed E-state index contributed by atoms with van der Waals surface area (Å²) in [5.74, 6) is 0.0195. The zero-order chi connectivity index (χ0) is 8.72. The van der Waals surface area contributed by atoms with Crippen molar-refractivity contribution in [2.24, 2.45) is 5.73 Å². The number of aryl methyl sites for hydroxylation is 1. The number of fused-ring (bicyclic) bond motifs is 1. The topological polar surface area (TPSA) is 35.2 Å². The standard InChI is InChI=1S/C9H10FNO/c1-5-2-6-8(11)4-12-9(6)7(10)3-5/h2-3,8H,4,11H2,1H3. The van der Waals surface area contributed by atoms with Crippen LogP contribution in [0.5, 0.6) is 5.75 Å². The molecule has 0 aromatic heterocycles. The maximum absolute atomic E-state index is 13.1. The molecule has 0 saturated carbocycles. The van der Waals surface area contributed by atoms with Crippen molar-refractivity contribution < 1.29 is 9.13 Å². The number of benzene rings is 1. The molecule has 0 amide bonds. The van der Waals surface area contributed by atoms with Gasteiger partial charge in [0.1, 0.15) is 6.61 Å². The molecule has 0 radical (unpaired) electrons. The predicted octanol–water partition coefficient (Wildman–Crippen LogP) is 1.53. The van der Waals surface area contributed by atoms with Crippen LogP contribution in [0.2, 0.25) is 0 Å². The van der Waals surface area contributed by atoms with Crippen LogP contribution in [0.25, 0.3) is 0 Å². The molecular formula is C9H10FNO.